The summed E-state index contributed by atoms with van der Waals surface area (Å²) in [6.07, 6.45) is 0.335. The van der Waals surface area contributed by atoms with Crippen LogP contribution in [0.2, 0.25) is 0 Å². The Morgan fingerprint density at radius 2 is 2.19 bits per heavy atom. The van der Waals surface area contributed by atoms with Crippen molar-refractivity contribution in [1.29, 1.82) is 0 Å². The maximum absolute atomic E-state index is 14.4. The first-order valence-corrected chi connectivity index (χ1v) is 9.05. The van der Waals surface area contributed by atoms with Crippen molar-refractivity contribution in [2.75, 3.05) is 20.7 Å². The predicted molar refractivity (Wildman–Crippen MR) is 91.5 cm³/mol. The summed E-state index contributed by atoms with van der Waals surface area (Å²) in [5.74, 6) is -3.88. The van der Waals surface area contributed by atoms with E-state index in [1.54, 1.807) is 7.05 Å². The number of halogens is 3. The van der Waals surface area contributed by atoms with Gasteiger partial charge in [-0.25, -0.2) is 13.2 Å². The smallest absolute Gasteiger partial charge is 0.254 e. The van der Waals surface area contributed by atoms with Gasteiger partial charge in [0.15, 0.2) is 5.82 Å². The van der Waals surface area contributed by atoms with Gasteiger partial charge in [0.1, 0.15) is 6.10 Å². The first-order valence-electron chi connectivity index (χ1n) is 9.05. The van der Waals surface area contributed by atoms with Crippen LogP contribution in [0.3, 0.4) is 0 Å². The van der Waals surface area contributed by atoms with Crippen LogP contribution in [0.5, 0.6) is 11.8 Å². The van der Waals surface area contributed by atoms with E-state index in [0.29, 0.717) is 5.56 Å². The highest BCUT2D eigenvalue weighted by atomic mass is 19.3. The molecular formula is C18H24F3N3O3. The van der Waals surface area contributed by atoms with Crippen LogP contribution in [-0.4, -0.2) is 54.6 Å². The van der Waals surface area contributed by atoms with Crippen LogP contribution in [-0.2, 0) is 11.3 Å². The molecule has 0 aromatic carbocycles. The Hall–Kier alpha value is -2.03. The molecule has 27 heavy (non-hydrogen) atoms. The number of nitrogens with zero attached hydrogens (tertiary/aromatic N) is 2. The number of ether oxygens (including phenoxy) is 2. The number of amides is 1. The molecule has 1 aromatic rings. The van der Waals surface area contributed by atoms with E-state index in [1.165, 1.54) is 18.1 Å². The lowest BCUT2D eigenvalue weighted by Crippen LogP contribution is -2.41. The molecule has 2 aliphatic rings. The second-order valence-electron chi connectivity index (χ2n) is 7.13. The summed E-state index contributed by atoms with van der Waals surface area (Å²) in [6, 6.07) is 0.950. The van der Waals surface area contributed by atoms with E-state index in [2.05, 4.69) is 10.3 Å². The minimum atomic E-state index is -2.79. The van der Waals surface area contributed by atoms with Crippen LogP contribution in [0, 0.1) is 5.82 Å². The number of likely N-dealkylation sites (N-methyl/N-ethyl adjacent to an activating group) is 1. The summed E-state index contributed by atoms with van der Waals surface area (Å²) < 4.78 is 51.5. The zero-order valence-electron chi connectivity index (χ0n) is 15.4. The Morgan fingerprint density at radius 1 is 1.41 bits per heavy atom. The van der Waals surface area contributed by atoms with Crippen LogP contribution in [0.1, 0.15) is 37.7 Å². The van der Waals surface area contributed by atoms with Gasteiger partial charge >= 0.3 is 0 Å². The van der Waals surface area contributed by atoms with Gasteiger partial charge in [0.25, 0.3) is 11.8 Å². The number of hydrogen-bond acceptors (Lipinski definition) is 5. The Balaban J connectivity index is 1.71. The summed E-state index contributed by atoms with van der Waals surface area (Å²) in [5.41, 5.74) is 0.382. The SMILES string of the molecule is COc1nc(OC2CCC(F)(F)C2)c(F)cc1CN(C)C(=O)C1CCCN1. The van der Waals surface area contributed by atoms with Crippen LogP contribution in [0.4, 0.5) is 13.2 Å². The lowest BCUT2D eigenvalue weighted by molar-refractivity contribution is -0.132. The molecule has 1 aromatic heterocycles. The summed E-state index contributed by atoms with van der Waals surface area (Å²) >= 11 is 0. The quantitative estimate of drug-likeness (QED) is 0.813. The molecule has 2 atom stereocenters. The zero-order chi connectivity index (χ0) is 19.6. The van der Waals surface area contributed by atoms with Crippen LogP contribution < -0.4 is 14.8 Å². The molecule has 0 spiro atoms. The fraction of sp³-hybridized carbons (Fsp3) is 0.667. The van der Waals surface area contributed by atoms with E-state index < -0.39 is 24.3 Å². The van der Waals surface area contributed by atoms with Crippen molar-refractivity contribution in [3.05, 3.63) is 17.4 Å². The van der Waals surface area contributed by atoms with Crippen molar-refractivity contribution in [2.24, 2.45) is 0 Å². The van der Waals surface area contributed by atoms with E-state index in [9.17, 15) is 18.0 Å². The third-order valence-corrected chi connectivity index (χ3v) is 4.96. The number of carbonyl (C=O) groups is 1. The van der Waals surface area contributed by atoms with Crippen LogP contribution >= 0.6 is 0 Å². The molecule has 1 N–H and O–H groups in total. The summed E-state index contributed by atoms with van der Waals surface area (Å²) in [4.78, 5) is 17.9. The second kappa shape index (κ2) is 7.92. The molecule has 1 aliphatic heterocycles. The summed E-state index contributed by atoms with van der Waals surface area (Å²) in [6.45, 7) is 0.919. The zero-order valence-corrected chi connectivity index (χ0v) is 15.4. The molecule has 0 bridgehead atoms. The number of pyridine rings is 1. The van der Waals surface area contributed by atoms with Gasteiger partial charge in [-0.15, -0.1) is 0 Å². The van der Waals surface area contributed by atoms with Crippen molar-refractivity contribution in [3.8, 4) is 11.8 Å². The minimum Gasteiger partial charge on any atom is -0.481 e. The highest BCUT2D eigenvalue weighted by Crippen LogP contribution is 2.37. The largest absolute Gasteiger partial charge is 0.481 e. The maximum Gasteiger partial charge on any atom is 0.254 e. The number of methoxy groups -OCH3 is 1. The lowest BCUT2D eigenvalue weighted by atomic mass is 10.2. The normalized spacial score (nSPS) is 24.0. The van der Waals surface area contributed by atoms with E-state index in [1.807, 2.05) is 0 Å². The molecular weight excluding hydrogens is 363 g/mol. The van der Waals surface area contributed by atoms with E-state index in [0.717, 1.165) is 19.4 Å². The average molecular weight is 387 g/mol. The monoisotopic (exact) mass is 387 g/mol. The topological polar surface area (TPSA) is 63.7 Å². The third-order valence-electron chi connectivity index (χ3n) is 4.96. The van der Waals surface area contributed by atoms with Crippen molar-refractivity contribution in [3.63, 3.8) is 0 Å². The molecule has 1 amide bonds. The molecule has 0 radical (unpaired) electrons. The van der Waals surface area contributed by atoms with Gasteiger partial charge in [-0.2, -0.15) is 4.98 Å². The van der Waals surface area contributed by atoms with Crippen molar-refractivity contribution < 1.29 is 27.4 Å². The first kappa shape index (κ1) is 19.7. The van der Waals surface area contributed by atoms with Gasteiger partial charge < -0.3 is 19.7 Å². The standard InChI is InChI=1S/C18H24F3N3O3/c1-24(17(25)14-4-3-7-22-14)10-11-8-13(19)16(23-15(11)26-2)27-12-5-6-18(20,21)9-12/h8,12,14,22H,3-7,9-10H2,1-2H3. The average Bonchev–Trinajstić information content (AvgIpc) is 3.26. The molecule has 9 heteroatoms. The van der Waals surface area contributed by atoms with Gasteiger partial charge in [0, 0.05) is 25.5 Å². The van der Waals surface area contributed by atoms with E-state index >= 15 is 0 Å². The number of rotatable bonds is 6. The highest BCUT2D eigenvalue weighted by molar-refractivity contribution is 5.82. The van der Waals surface area contributed by atoms with Gasteiger partial charge in [0.05, 0.1) is 19.7 Å². The first-order chi connectivity index (χ1) is 12.8. The summed E-state index contributed by atoms with van der Waals surface area (Å²) in [7, 11) is 3.00. The number of carbonyl (C=O) groups excluding carboxylic acids is 1. The van der Waals surface area contributed by atoms with E-state index in [-0.39, 0.29) is 43.1 Å². The molecule has 6 nitrogen and oxygen atoms in total. The third kappa shape index (κ3) is 4.63. The molecule has 1 saturated carbocycles. The molecule has 1 aliphatic carbocycles. The van der Waals surface area contributed by atoms with E-state index in [4.69, 9.17) is 9.47 Å². The number of aromatic nitrogens is 1. The van der Waals surface area contributed by atoms with Crippen molar-refractivity contribution in [2.45, 2.75) is 56.7 Å². The Kier molecular flexibility index (Phi) is 5.78. The fourth-order valence-electron chi connectivity index (χ4n) is 3.53. The fourth-order valence-corrected chi connectivity index (χ4v) is 3.53. The maximum atomic E-state index is 14.4. The Labute approximate surface area is 156 Å². The van der Waals surface area contributed by atoms with Gasteiger partial charge in [-0.3, -0.25) is 4.79 Å². The minimum absolute atomic E-state index is 0.0801. The molecule has 2 fully saturated rings. The van der Waals surface area contributed by atoms with Crippen molar-refractivity contribution in [1.82, 2.24) is 15.2 Å². The lowest BCUT2D eigenvalue weighted by Gasteiger charge is -2.22. The Morgan fingerprint density at radius 3 is 2.78 bits per heavy atom. The number of nitrogens with one attached hydrogen (secondary N) is 1. The molecule has 2 heterocycles. The van der Waals surface area contributed by atoms with Crippen molar-refractivity contribution >= 4 is 5.91 Å². The molecule has 3 rings (SSSR count). The van der Waals surface area contributed by atoms with Gasteiger partial charge in [-0.1, -0.05) is 0 Å². The highest BCUT2D eigenvalue weighted by Gasteiger charge is 2.41. The number of hydrogen-bond donors (Lipinski definition) is 1. The molecule has 1 saturated heterocycles. The predicted octanol–water partition coefficient (Wildman–Crippen LogP) is 2.51. The molecule has 2 unspecified atom stereocenters. The summed E-state index contributed by atoms with van der Waals surface area (Å²) in [5, 5.41) is 3.13. The Bertz CT molecular complexity index is 696. The second-order valence-corrected chi connectivity index (χ2v) is 7.13. The van der Waals surface area contributed by atoms with Crippen LogP contribution in [0.25, 0.3) is 0 Å². The number of alkyl halides is 2. The van der Waals surface area contributed by atoms with Gasteiger partial charge in [-0.05, 0) is 31.9 Å². The van der Waals surface area contributed by atoms with Gasteiger partial charge in [0.2, 0.25) is 11.8 Å². The molecule has 150 valence electrons. The van der Waals surface area contributed by atoms with Crippen LogP contribution in [0.15, 0.2) is 6.07 Å².